The normalized spacial score (nSPS) is 21.8. The molecule has 6 saturated heterocycles. The van der Waals surface area contributed by atoms with Gasteiger partial charge in [-0.15, -0.1) is 12.4 Å². The molecule has 0 atom stereocenters. The van der Waals surface area contributed by atoms with Gasteiger partial charge in [0.05, 0.1) is 33.3 Å². The van der Waals surface area contributed by atoms with Gasteiger partial charge in [0.15, 0.2) is 23.3 Å². The molecular formula is C76H96ClF7N10O16S7. The van der Waals surface area contributed by atoms with Gasteiger partial charge in [-0.25, -0.2) is 27.2 Å². The van der Waals surface area contributed by atoms with Crippen LogP contribution < -0.4 is 43.4 Å². The molecule has 10 heterocycles. The molecule has 14 rings (SSSR count). The van der Waals surface area contributed by atoms with Crippen LogP contribution in [0, 0.1) is 37.1 Å². The fourth-order valence-corrected chi connectivity index (χ4v) is 19.7. The molecule has 41 heteroatoms. The van der Waals surface area contributed by atoms with E-state index in [9.17, 15) is 81.7 Å². The fraction of sp³-hybridized carbons (Fsp3) is 0.474. The Balaban J connectivity index is 0.000000228. The number of alkyl halides is 3. The van der Waals surface area contributed by atoms with Crippen molar-refractivity contribution in [3.8, 4) is 0 Å². The lowest BCUT2D eigenvalue weighted by atomic mass is 10.0. The Hall–Kier alpha value is -7.67. The summed E-state index contributed by atoms with van der Waals surface area (Å²) in [6, 6.07) is 25.4. The molecule has 117 heavy (non-hydrogen) atoms. The number of alkyl carbamates (subject to hydrolysis) is 2. The van der Waals surface area contributed by atoms with Crippen LogP contribution in [0.25, 0.3) is 0 Å². The summed E-state index contributed by atoms with van der Waals surface area (Å²) >= 11 is 5.58. The van der Waals surface area contributed by atoms with E-state index in [0.29, 0.717) is 109 Å². The monoisotopic (exact) mass is 1800 g/mol. The number of Topliss-reactive ketones (excluding diaryl/α,β-unsaturated/α-hetero) is 2. The lowest BCUT2D eigenvalue weighted by Gasteiger charge is -2.37. The van der Waals surface area contributed by atoms with Gasteiger partial charge >= 0.3 is 27.8 Å². The molecule has 2 aromatic heterocycles. The van der Waals surface area contributed by atoms with Gasteiger partial charge in [-0.3, -0.25) is 45.9 Å². The summed E-state index contributed by atoms with van der Waals surface area (Å²) in [7, 11) is -8.42. The second kappa shape index (κ2) is 41.1. The summed E-state index contributed by atoms with van der Waals surface area (Å²) in [5, 5.41) is 16.1. The Morgan fingerprint density at radius 2 is 0.821 bits per heavy atom. The van der Waals surface area contributed by atoms with Gasteiger partial charge in [0.2, 0.25) is 0 Å². The molecule has 0 saturated carbocycles. The molecule has 0 spiro atoms. The topological polar surface area (TPSA) is 395 Å². The molecule has 0 unspecified atom stereocenters. The van der Waals surface area contributed by atoms with Crippen molar-refractivity contribution in [2.75, 3.05) is 79.7 Å². The van der Waals surface area contributed by atoms with Crippen molar-refractivity contribution in [1.29, 1.82) is 0 Å². The molecule has 26 nitrogen and oxygen atoms in total. The van der Waals surface area contributed by atoms with E-state index < -0.39 is 118 Å². The van der Waals surface area contributed by atoms with E-state index in [1.54, 1.807) is 36.8 Å². The largest absolute Gasteiger partial charge is 0.522 e. The summed E-state index contributed by atoms with van der Waals surface area (Å²) in [4.78, 5) is 100.0. The number of nitrogens with two attached hydrogens (primary N) is 2. The molecule has 6 fully saturated rings. The van der Waals surface area contributed by atoms with Crippen LogP contribution in [-0.2, 0) is 101 Å². The lowest BCUT2D eigenvalue weighted by molar-refractivity contribution is -0.119. The zero-order valence-corrected chi connectivity index (χ0v) is 70.9. The number of amides is 6. The van der Waals surface area contributed by atoms with E-state index >= 15 is 0 Å². The number of aromatic nitrogens is 2. The highest BCUT2D eigenvalue weighted by molar-refractivity contribution is 8.01. The van der Waals surface area contributed by atoms with Gasteiger partial charge in [-0.1, -0.05) is 68.1 Å². The smallest absolute Gasteiger partial charge is 0.445 e. The Labute approximate surface area is 700 Å². The van der Waals surface area contributed by atoms with Crippen LogP contribution in [-0.4, -0.2) is 190 Å². The number of hydrogen-bond donors (Lipinski definition) is 9. The quantitative estimate of drug-likeness (QED) is 0.0143. The van der Waals surface area contributed by atoms with Crippen LogP contribution in [0.4, 0.5) is 51.7 Å². The fourth-order valence-electron chi connectivity index (χ4n) is 12.6. The highest BCUT2D eigenvalue weighted by atomic mass is 35.5. The van der Waals surface area contributed by atoms with Crippen molar-refractivity contribution in [3.05, 3.63) is 176 Å². The van der Waals surface area contributed by atoms with E-state index in [4.69, 9.17) is 33.9 Å². The highest BCUT2D eigenvalue weighted by Crippen LogP contribution is 2.35. The van der Waals surface area contributed by atoms with Crippen LogP contribution in [0.1, 0.15) is 137 Å². The third-order valence-electron chi connectivity index (χ3n) is 18.3. The van der Waals surface area contributed by atoms with Gasteiger partial charge in [0.1, 0.15) is 24.6 Å². The minimum absolute atomic E-state index is 0. The summed E-state index contributed by atoms with van der Waals surface area (Å²) in [5.41, 5.74) is 9.06. The van der Waals surface area contributed by atoms with Crippen molar-refractivity contribution in [3.63, 3.8) is 0 Å². The number of anilines is 2. The third-order valence-corrected chi connectivity index (χ3v) is 29.7. The lowest BCUT2D eigenvalue weighted by Crippen LogP contribution is -2.62. The van der Waals surface area contributed by atoms with Gasteiger partial charge in [0.25, 0.3) is 35.2 Å². The molecule has 8 aliphatic rings. The molecule has 4 aromatic carbocycles. The number of carbonyl (C=O) groups is 8. The van der Waals surface area contributed by atoms with Gasteiger partial charge in [-0.05, 0) is 128 Å². The Morgan fingerprint density at radius 1 is 0.504 bits per heavy atom. The summed E-state index contributed by atoms with van der Waals surface area (Å²) in [5.74, 6) is 0.236. The predicted molar refractivity (Wildman–Crippen MR) is 444 cm³/mol. The first-order valence-electron chi connectivity index (χ1n) is 35.7. The molecule has 8 aliphatic heterocycles. The number of benzene rings is 4. The van der Waals surface area contributed by atoms with Crippen molar-refractivity contribution >= 4 is 149 Å². The van der Waals surface area contributed by atoms with E-state index in [-0.39, 0.29) is 88.1 Å². The van der Waals surface area contributed by atoms with Crippen LogP contribution in [0.5, 0.6) is 0 Å². The molecule has 0 bridgehead atoms. The maximum atomic E-state index is 13.5. The van der Waals surface area contributed by atoms with Crippen LogP contribution >= 0.6 is 47.7 Å². The average Bonchev–Trinajstić information content (AvgIpc) is 1.60. The van der Waals surface area contributed by atoms with E-state index in [2.05, 4.69) is 38.8 Å². The number of ether oxygens (including phenoxy) is 2. The molecule has 644 valence electrons. The van der Waals surface area contributed by atoms with Crippen molar-refractivity contribution in [1.82, 2.24) is 30.4 Å². The predicted octanol–water partition coefficient (Wildman–Crippen LogP) is 10.4. The number of thioether (sulfide) groups is 3. The number of nitrogens with one attached hydrogen (secondary N) is 6. The van der Waals surface area contributed by atoms with Crippen molar-refractivity contribution in [2.45, 2.75) is 154 Å². The van der Waals surface area contributed by atoms with Crippen LogP contribution in [0.15, 0.2) is 97.1 Å². The standard InChI is InChI=1S/2C21H21F2N3O4S.2C12H15NO2S.C4H9NOS.C4H9NS.CHF3O3S.CH4.ClH/c2*1-11-16(18(27)20(29)25-21(2)9-31(30)10-21)15-4-3-7-26(15)17(11)19(28)24-12-5-6-13(22)14(23)8-12;2*1-12(8-16-9-12)13-11(14)15-7-10-5-3-2-4-6-10;1-4(5)2-7(6)3-4;1-4(5)2-6-3-4;2-1(3,4)8(5,6)7;;/h2*5-6,8H,3-4,7,9-10H2,1-2H3,(H,24,28)(H,25,29);2*2-6H,7-9H2,1H3,(H,13,14);2-3,5H2,1H3;2-3,5H2,1H3;(H,5,6,7);1H4;1H. The summed E-state index contributed by atoms with van der Waals surface area (Å²) in [6.07, 6.45) is 1.83. The summed E-state index contributed by atoms with van der Waals surface area (Å²) in [6.45, 7) is 16.4. The Morgan fingerprint density at radius 3 is 1.07 bits per heavy atom. The zero-order chi connectivity index (χ0) is 85.0. The molecule has 0 aliphatic carbocycles. The second-order valence-electron chi connectivity index (χ2n) is 30.3. The van der Waals surface area contributed by atoms with Gasteiger partial charge in [-0.2, -0.15) is 56.9 Å². The molecule has 6 aromatic rings. The van der Waals surface area contributed by atoms with Gasteiger partial charge < -0.3 is 62.0 Å². The zero-order valence-electron chi connectivity index (χ0n) is 64.4. The first-order valence-corrected chi connectivity index (χ1v) is 45.1. The number of nitrogens with zero attached hydrogens (tertiary/aromatic N) is 2. The number of hydrogen-bond acceptors (Lipinski definition) is 20. The van der Waals surface area contributed by atoms with Crippen molar-refractivity contribution < 1.29 is 104 Å². The van der Waals surface area contributed by atoms with E-state index in [1.165, 1.54) is 12.1 Å². The average molecular weight is 1800 g/mol. The van der Waals surface area contributed by atoms with Crippen LogP contribution in [0.2, 0.25) is 0 Å². The minimum atomic E-state index is -5.84. The summed E-state index contributed by atoms with van der Waals surface area (Å²) < 4.78 is 158. The first-order chi connectivity index (χ1) is 53.6. The molecule has 0 radical (unpaired) electrons. The number of rotatable bonds is 16. The van der Waals surface area contributed by atoms with Crippen LogP contribution in [0.3, 0.4) is 0 Å². The Kier molecular flexibility index (Phi) is 34.4. The number of fused-ring (bicyclic) bond motifs is 2. The van der Waals surface area contributed by atoms with E-state index in [1.807, 2.05) is 117 Å². The number of ketones is 2. The van der Waals surface area contributed by atoms with Crippen molar-refractivity contribution in [2.24, 2.45) is 11.5 Å². The Bertz CT molecular complexity index is 4560. The van der Waals surface area contributed by atoms with E-state index in [0.717, 1.165) is 69.9 Å². The van der Waals surface area contributed by atoms with Gasteiger partial charge in [0, 0.05) is 160 Å². The highest BCUT2D eigenvalue weighted by Gasteiger charge is 2.46. The second-order valence-corrected chi connectivity index (χ2v) is 39.1. The first kappa shape index (κ1) is 98.2. The number of halogens is 8. The molecule has 11 N–H and O–H groups in total. The maximum absolute atomic E-state index is 13.5. The number of carbonyl (C=O) groups excluding carboxylic acids is 8. The third kappa shape index (κ3) is 27.4. The maximum Gasteiger partial charge on any atom is 0.522 e. The minimum Gasteiger partial charge on any atom is -0.445 e. The SMILES string of the molecule is C.CC1(N)CS(=O)C1.CC1(N)CSC1.CC1(NC(=O)OCc2ccccc2)CSC1.CC1(NC(=O)OCc2ccccc2)CSC1.Cc1c(C(=O)C(=O)NC2(C)CS(=O)C2)c2n(c1C(=O)Nc1ccc(F)c(F)c1)CCC2.Cc1c(C(=O)C(=O)NC2(C)CS(=O)C2)c2n(c1C(=O)Nc1ccc(F)c(F)c1)CCC2.Cl.O=S(=O)(O)C(F)(F)F. The molecular weight excluding hydrogens is 1700 g/mol. The molecule has 6 amide bonds.